The number of benzene rings is 1. The highest BCUT2D eigenvalue weighted by molar-refractivity contribution is 7.98. The molecule has 0 aliphatic rings. The first-order valence-electron chi connectivity index (χ1n) is 6.25. The third kappa shape index (κ3) is 5.06. The molecule has 0 aliphatic heterocycles. The molecule has 2 rings (SSSR count). The monoisotopic (exact) mass is 304 g/mol. The number of nitrogens with one attached hydrogen (secondary N) is 1. The van der Waals surface area contributed by atoms with Gasteiger partial charge in [-0.25, -0.2) is 9.37 Å². The Bertz CT molecular complexity index is 734. The molecule has 1 aromatic carbocycles. The van der Waals surface area contributed by atoms with Gasteiger partial charge in [0.15, 0.2) is 5.16 Å². The summed E-state index contributed by atoms with van der Waals surface area (Å²) in [4.78, 5) is 17.8. The highest BCUT2D eigenvalue weighted by Gasteiger charge is 2.02. The lowest BCUT2D eigenvalue weighted by Gasteiger charge is -2.02. The van der Waals surface area contributed by atoms with E-state index in [-0.39, 0.29) is 18.0 Å². The summed E-state index contributed by atoms with van der Waals surface area (Å²) in [5.74, 6) is 5.66. The molecule has 108 valence electrons. The Balaban J connectivity index is 2.10. The van der Waals surface area contributed by atoms with Gasteiger partial charge in [0.05, 0.1) is 6.61 Å². The molecule has 2 aromatic rings. The molecule has 0 aliphatic carbocycles. The molecule has 0 spiro atoms. The summed E-state index contributed by atoms with van der Waals surface area (Å²) in [6, 6.07) is 5.88. The topological polar surface area (TPSA) is 66.0 Å². The van der Waals surface area contributed by atoms with Crippen LogP contribution in [0.15, 0.2) is 40.4 Å². The number of thioether (sulfide) groups is 1. The number of hydrogen-bond acceptors (Lipinski definition) is 4. The Labute approximate surface area is 125 Å². The molecule has 0 amide bonds. The predicted octanol–water partition coefficient (Wildman–Crippen LogP) is 1.94. The van der Waals surface area contributed by atoms with Crippen LogP contribution in [-0.2, 0) is 5.75 Å². The molecule has 0 saturated carbocycles. The van der Waals surface area contributed by atoms with E-state index in [2.05, 4.69) is 21.8 Å². The molecule has 1 heterocycles. The van der Waals surface area contributed by atoms with Gasteiger partial charge in [-0.05, 0) is 23.8 Å². The third-order valence-electron chi connectivity index (χ3n) is 2.45. The van der Waals surface area contributed by atoms with Gasteiger partial charge in [0.1, 0.15) is 5.82 Å². The van der Waals surface area contributed by atoms with Crippen LogP contribution in [0.3, 0.4) is 0 Å². The molecule has 0 fully saturated rings. The number of aromatic nitrogens is 2. The molecule has 0 bridgehead atoms. The van der Waals surface area contributed by atoms with E-state index in [1.165, 1.54) is 36.2 Å². The standard InChI is InChI=1S/C15H13FN2O2S/c16-13-8-11(3-1-2-6-19)7-12(9-13)10-21-15-17-5-4-14(20)18-15/h4-5,7-9,19H,2,6,10H2,(H,17,18,20). The van der Waals surface area contributed by atoms with Crippen LogP contribution in [0.25, 0.3) is 0 Å². The average molecular weight is 304 g/mol. The van der Waals surface area contributed by atoms with Crippen molar-refractivity contribution in [2.24, 2.45) is 0 Å². The van der Waals surface area contributed by atoms with Gasteiger partial charge in [-0.15, -0.1) is 0 Å². The van der Waals surface area contributed by atoms with Crippen molar-refractivity contribution in [3.8, 4) is 11.8 Å². The summed E-state index contributed by atoms with van der Waals surface area (Å²) in [7, 11) is 0. The quantitative estimate of drug-likeness (QED) is 0.515. The second-order valence-electron chi connectivity index (χ2n) is 4.15. The van der Waals surface area contributed by atoms with E-state index < -0.39 is 0 Å². The lowest BCUT2D eigenvalue weighted by Crippen LogP contribution is -2.05. The first-order valence-corrected chi connectivity index (χ1v) is 7.23. The molecule has 0 radical (unpaired) electrons. The molecular weight excluding hydrogens is 291 g/mol. The zero-order valence-corrected chi connectivity index (χ0v) is 11.9. The van der Waals surface area contributed by atoms with Crippen molar-refractivity contribution in [3.05, 3.63) is 57.8 Å². The van der Waals surface area contributed by atoms with Crippen LogP contribution >= 0.6 is 11.8 Å². The van der Waals surface area contributed by atoms with Gasteiger partial charge in [-0.1, -0.05) is 23.6 Å². The SMILES string of the molecule is O=c1ccnc(SCc2cc(F)cc(C#CCCO)c2)[nH]1. The summed E-state index contributed by atoms with van der Waals surface area (Å²) in [6.45, 7) is -0.0158. The first-order chi connectivity index (χ1) is 10.2. The van der Waals surface area contributed by atoms with Crippen molar-refractivity contribution in [3.63, 3.8) is 0 Å². The number of nitrogens with zero attached hydrogens (tertiary/aromatic N) is 1. The molecule has 1 aromatic heterocycles. The molecule has 2 N–H and O–H groups in total. The Hall–Kier alpha value is -2.10. The molecular formula is C15H13FN2O2S. The minimum Gasteiger partial charge on any atom is -0.395 e. The maximum Gasteiger partial charge on any atom is 0.251 e. The second-order valence-corrected chi connectivity index (χ2v) is 5.12. The minimum atomic E-state index is -0.365. The molecule has 0 saturated heterocycles. The van der Waals surface area contributed by atoms with Crippen molar-refractivity contribution in [2.45, 2.75) is 17.3 Å². The normalized spacial score (nSPS) is 10.0. The largest absolute Gasteiger partial charge is 0.395 e. The zero-order valence-electron chi connectivity index (χ0n) is 11.1. The fraction of sp³-hybridized carbons (Fsp3) is 0.200. The van der Waals surface area contributed by atoms with Gasteiger partial charge < -0.3 is 10.1 Å². The van der Waals surface area contributed by atoms with Crippen molar-refractivity contribution in [1.29, 1.82) is 0 Å². The lowest BCUT2D eigenvalue weighted by atomic mass is 10.1. The third-order valence-corrected chi connectivity index (χ3v) is 3.41. The van der Waals surface area contributed by atoms with Crippen LogP contribution in [0.2, 0.25) is 0 Å². The average Bonchev–Trinajstić information content (AvgIpc) is 2.45. The summed E-state index contributed by atoms with van der Waals surface area (Å²) in [5, 5.41) is 9.16. The van der Waals surface area contributed by atoms with Gasteiger partial charge in [0, 0.05) is 30.0 Å². The highest BCUT2D eigenvalue weighted by atomic mass is 32.2. The fourth-order valence-corrected chi connectivity index (χ4v) is 2.38. The van der Waals surface area contributed by atoms with Crippen molar-refractivity contribution in [1.82, 2.24) is 9.97 Å². The number of hydrogen-bond donors (Lipinski definition) is 2. The Kier molecular flexibility index (Phi) is 5.55. The molecule has 0 unspecified atom stereocenters. The van der Waals surface area contributed by atoms with E-state index in [0.29, 0.717) is 22.9 Å². The van der Waals surface area contributed by atoms with E-state index in [4.69, 9.17) is 5.11 Å². The Morgan fingerprint density at radius 3 is 3.00 bits per heavy atom. The predicted molar refractivity (Wildman–Crippen MR) is 79.4 cm³/mol. The fourth-order valence-electron chi connectivity index (χ4n) is 1.60. The minimum absolute atomic E-state index is 0.0158. The van der Waals surface area contributed by atoms with Crippen molar-refractivity contribution < 1.29 is 9.50 Å². The van der Waals surface area contributed by atoms with Crippen molar-refractivity contribution >= 4 is 11.8 Å². The number of aliphatic hydroxyl groups excluding tert-OH is 1. The number of H-pyrrole nitrogens is 1. The van der Waals surface area contributed by atoms with Crippen LogP contribution in [-0.4, -0.2) is 21.7 Å². The van der Waals surface area contributed by atoms with E-state index in [0.717, 1.165) is 5.56 Å². The second kappa shape index (κ2) is 7.62. The zero-order chi connectivity index (χ0) is 15.1. The number of rotatable bonds is 4. The van der Waals surface area contributed by atoms with E-state index in [9.17, 15) is 9.18 Å². The van der Waals surface area contributed by atoms with E-state index in [1.54, 1.807) is 6.07 Å². The lowest BCUT2D eigenvalue weighted by molar-refractivity contribution is 0.305. The van der Waals surface area contributed by atoms with E-state index in [1.807, 2.05) is 0 Å². The highest BCUT2D eigenvalue weighted by Crippen LogP contribution is 2.19. The maximum atomic E-state index is 13.5. The van der Waals surface area contributed by atoms with Gasteiger partial charge in [-0.2, -0.15) is 0 Å². The van der Waals surface area contributed by atoms with Crippen LogP contribution in [0, 0.1) is 17.7 Å². The van der Waals surface area contributed by atoms with Gasteiger partial charge in [0.25, 0.3) is 5.56 Å². The number of aliphatic hydroxyl groups is 1. The summed E-state index contributed by atoms with van der Waals surface area (Å²) >= 11 is 1.31. The van der Waals surface area contributed by atoms with Gasteiger partial charge in [0.2, 0.25) is 0 Å². The maximum absolute atomic E-state index is 13.5. The van der Waals surface area contributed by atoms with E-state index >= 15 is 0 Å². The molecule has 21 heavy (non-hydrogen) atoms. The summed E-state index contributed by atoms with van der Waals surface area (Å²) in [6.07, 6.45) is 1.79. The first kappa shape index (κ1) is 15.3. The summed E-state index contributed by atoms with van der Waals surface area (Å²) in [5.41, 5.74) is 1.09. The smallest absolute Gasteiger partial charge is 0.251 e. The number of aromatic amines is 1. The van der Waals surface area contributed by atoms with Crippen LogP contribution < -0.4 is 5.56 Å². The summed E-state index contributed by atoms with van der Waals surface area (Å²) < 4.78 is 13.5. The van der Waals surface area contributed by atoms with Gasteiger partial charge in [-0.3, -0.25) is 4.79 Å². The Morgan fingerprint density at radius 1 is 1.38 bits per heavy atom. The number of halogens is 1. The van der Waals surface area contributed by atoms with Crippen LogP contribution in [0.1, 0.15) is 17.5 Å². The molecule has 6 heteroatoms. The molecule has 4 nitrogen and oxygen atoms in total. The van der Waals surface area contributed by atoms with Crippen LogP contribution in [0.5, 0.6) is 0 Å². The molecule has 0 atom stereocenters. The van der Waals surface area contributed by atoms with Crippen LogP contribution in [0.4, 0.5) is 4.39 Å². The van der Waals surface area contributed by atoms with Crippen molar-refractivity contribution in [2.75, 3.05) is 6.61 Å². The van der Waals surface area contributed by atoms with Gasteiger partial charge >= 0.3 is 0 Å². The Morgan fingerprint density at radius 2 is 2.24 bits per heavy atom.